The van der Waals surface area contributed by atoms with E-state index in [0.717, 1.165) is 5.69 Å². The van der Waals surface area contributed by atoms with Crippen molar-refractivity contribution >= 4 is 34.7 Å². The number of hydrogen-bond acceptors (Lipinski definition) is 3. The number of aliphatic imine (C=N–C) groups is 1. The van der Waals surface area contributed by atoms with E-state index in [1.165, 1.54) is 0 Å². The van der Waals surface area contributed by atoms with Gasteiger partial charge in [0.1, 0.15) is 5.15 Å². The van der Waals surface area contributed by atoms with Gasteiger partial charge in [-0.2, -0.15) is 4.99 Å². The van der Waals surface area contributed by atoms with Crippen LogP contribution in [0.1, 0.15) is 5.69 Å². The molecule has 1 rings (SSSR count). The van der Waals surface area contributed by atoms with Crippen molar-refractivity contribution in [1.82, 2.24) is 4.98 Å². The summed E-state index contributed by atoms with van der Waals surface area (Å²) >= 11 is 10.1. The van der Waals surface area contributed by atoms with Crippen LogP contribution in [0.25, 0.3) is 0 Å². The van der Waals surface area contributed by atoms with Crippen molar-refractivity contribution in [2.24, 2.45) is 4.99 Å². The van der Waals surface area contributed by atoms with Crippen molar-refractivity contribution in [3.8, 4) is 0 Å². The first kappa shape index (κ1) is 8.34. The largest absolute Gasteiger partial charge is 0.239 e. The highest BCUT2D eigenvalue weighted by Crippen LogP contribution is 2.17. The van der Waals surface area contributed by atoms with Crippen molar-refractivity contribution in [3.05, 3.63) is 23.0 Å². The Morgan fingerprint density at radius 3 is 2.91 bits per heavy atom. The molecule has 0 saturated carbocycles. The molecule has 0 amide bonds. The summed E-state index contributed by atoms with van der Waals surface area (Å²) in [5.74, 6) is 0. The summed E-state index contributed by atoms with van der Waals surface area (Å²) in [6.45, 7) is 1.82. The fourth-order valence-electron chi connectivity index (χ4n) is 0.690. The lowest BCUT2D eigenvalue weighted by Crippen LogP contribution is -1.80. The highest BCUT2D eigenvalue weighted by atomic mass is 35.5. The Kier molecular flexibility index (Phi) is 2.71. The molecule has 0 N–H and O–H groups in total. The molecule has 0 aliphatic heterocycles. The molecule has 0 bridgehead atoms. The molecule has 56 valence electrons. The molecular formula is C7H5ClN2S. The maximum atomic E-state index is 5.62. The first-order chi connectivity index (χ1) is 5.24. The minimum Gasteiger partial charge on any atom is -0.239 e. The first-order valence-electron chi connectivity index (χ1n) is 2.95. The third kappa shape index (κ3) is 2.09. The summed E-state index contributed by atoms with van der Waals surface area (Å²) in [7, 11) is 0. The monoisotopic (exact) mass is 184 g/mol. The van der Waals surface area contributed by atoms with Gasteiger partial charge in [-0.05, 0) is 31.3 Å². The normalized spacial score (nSPS) is 8.91. The summed E-state index contributed by atoms with van der Waals surface area (Å²) in [6, 6.07) is 3.42. The predicted octanol–water partition coefficient (Wildman–Crippen LogP) is 2.78. The Morgan fingerprint density at radius 1 is 1.64 bits per heavy atom. The second kappa shape index (κ2) is 3.58. The van der Waals surface area contributed by atoms with E-state index in [4.69, 9.17) is 11.6 Å². The molecule has 0 unspecified atom stereocenters. The van der Waals surface area contributed by atoms with Crippen LogP contribution < -0.4 is 0 Å². The Hall–Kier alpha value is -0.760. The Bertz CT molecular complexity index is 318. The van der Waals surface area contributed by atoms with E-state index in [9.17, 15) is 0 Å². The van der Waals surface area contributed by atoms with E-state index in [-0.39, 0.29) is 0 Å². The topological polar surface area (TPSA) is 25.2 Å². The van der Waals surface area contributed by atoms with Crippen LogP contribution in [0.2, 0.25) is 5.15 Å². The van der Waals surface area contributed by atoms with Gasteiger partial charge in [-0.15, -0.1) is 0 Å². The highest BCUT2D eigenvalue weighted by Gasteiger charge is 1.96. The van der Waals surface area contributed by atoms with Crippen LogP contribution in [0.15, 0.2) is 17.1 Å². The SMILES string of the molecule is Cc1nc(Cl)ccc1N=C=S. The molecule has 0 saturated heterocycles. The van der Waals surface area contributed by atoms with E-state index in [1.54, 1.807) is 12.1 Å². The highest BCUT2D eigenvalue weighted by molar-refractivity contribution is 7.78. The summed E-state index contributed by atoms with van der Waals surface area (Å²) < 4.78 is 0. The van der Waals surface area contributed by atoms with E-state index in [0.29, 0.717) is 10.8 Å². The van der Waals surface area contributed by atoms with Crippen molar-refractivity contribution in [3.63, 3.8) is 0 Å². The molecule has 0 aromatic carbocycles. The lowest BCUT2D eigenvalue weighted by molar-refractivity contribution is 1.19. The van der Waals surface area contributed by atoms with Gasteiger partial charge in [-0.1, -0.05) is 11.6 Å². The second-order valence-corrected chi connectivity index (χ2v) is 2.51. The van der Waals surface area contributed by atoms with Gasteiger partial charge < -0.3 is 0 Å². The van der Waals surface area contributed by atoms with E-state index >= 15 is 0 Å². The average Bonchev–Trinajstić information content (AvgIpc) is 1.95. The standard InChI is InChI=1S/C7H5ClN2S/c1-5-6(9-4-11)2-3-7(8)10-5/h2-3H,1H3. The molecule has 0 spiro atoms. The van der Waals surface area contributed by atoms with Crippen LogP contribution in [-0.4, -0.2) is 10.1 Å². The Morgan fingerprint density at radius 2 is 2.36 bits per heavy atom. The van der Waals surface area contributed by atoms with Crippen LogP contribution in [-0.2, 0) is 0 Å². The maximum absolute atomic E-state index is 5.62. The third-order valence-electron chi connectivity index (χ3n) is 1.19. The van der Waals surface area contributed by atoms with Gasteiger partial charge in [0.05, 0.1) is 16.5 Å². The summed E-state index contributed by atoms with van der Waals surface area (Å²) in [5.41, 5.74) is 1.47. The van der Waals surface area contributed by atoms with Crippen LogP contribution in [0.5, 0.6) is 0 Å². The van der Waals surface area contributed by atoms with Gasteiger partial charge >= 0.3 is 0 Å². The zero-order chi connectivity index (χ0) is 8.27. The van der Waals surface area contributed by atoms with Crippen molar-refractivity contribution in [1.29, 1.82) is 0 Å². The zero-order valence-corrected chi connectivity index (χ0v) is 7.41. The molecule has 0 fully saturated rings. The minimum absolute atomic E-state index is 0.464. The molecule has 0 aliphatic carbocycles. The van der Waals surface area contributed by atoms with E-state index in [1.807, 2.05) is 6.92 Å². The van der Waals surface area contributed by atoms with Crippen LogP contribution >= 0.6 is 23.8 Å². The second-order valence-electron chi connectivity index (χ2n) is 1.94. The van der Waals surface area contributed by atoms with Crippen LogP contribution in [0, 0.1) is 6.92 Å². The molecule has 0 aliphatic rings. The number of aryl methyl sites for hydroxylation is 1. The Labute approximate surface area is 74.9 Å². The van der Waals surface area contributed by atoms with Crippen molar-refractivity contribution < 1.29 is 0 Å². The lowest BCUT2D eigenvalue weighted by atomic mass is 10.3. The number of pyridine rings is 1. The molecule has 0 radical (unpaired) electrons. The fraction of sp³-hybridized carbons (Fsp3) is 0.143. The lowest BCUT2D eigenvalue weighted by Gasteiger charge is -1.95. The molecular weight excluding hydrogens is 180 g/mol. The molecule has 2 nitrogen and oxygen atoms in total. The van der Waals surface area contributed by atoms with Crippen molar-refractivity contribution in [2.75, 3.05) is 0 Å². The van der Waals surface area contributed by atoms with Gasteiger partial charge in [0.2, 0.25) is 0 Å². The van der Waals surface area contributed by atoms with Crippen molar-refractivity contribution in [2.45, 2.75) is 6.92 Å². The number of isothiocyanates is 1. The molecule has 11 heavy (non-hydrogen) atoms. The third-order valence-corrected chi connectivity index (χ3v) is 1.49. The smallest absolute Gasteiger partial charge is 0.129 e. The summed E-state index contributed by atoms with van der Waals surface area (Å²) in [6.07, 6.45) is 0. The van der Waals surface area contributed by atoms with Crippen LogP contribution in [0.3, 0.4) is 0 Å². The summed E-state index contributed by atoms with van der Waals surface area (Å²) in [4.78, 5) is 7.77. The number of aromatic nitrogens is 1. The number of hydrogen-bond donors (Lipinski definition) is 0. The molecule has 1 aromatic rings. The minimum atomic E-state index is 0.464. The zero-order valence-electron chi connectivity index (χ0n) is 5.84. The van der Waals surface area contributed by atoms with Crippen LogP contribution in [0.4, 0.5) is 5.69 Å². The molecule has 4 heteroatoms. The molecule has 1 aromatic heterocycles. The van der Waals surface area contributed by atoms with E-state index < -0.39 is 0 Å². The van der Waals surface area contributed by atoms with Gasteiger partial charge in [-0.3, -0.25) is 0 Å². The Balaban J connectivity index is 3.19. The van der Waals surface area contributed by atoms with Gasteiger partial charge in [0, 0.05) is 0 Å². The van der Waals surface area contributed by atoms with Gasteiger partial charge in [0.15, 0.2) is 0 Å². The fourth-order valence-corrected chi connectivity index (χ4v) is 0.979. The first-order valence-corrected chi connectivity index (χ1v) is 3.73. The predicted molar refractivity (Wildman–Crippen MR) is 48.7 cm³/mol. The van der Waals surface area contributed by atoms with Gasteiger partial charge in [-0.25, -0.2) is 4.98 Å². The van der Waals surface area contributed by atoms with Gasteiger partial charge in [0.25, 0.3) is 0 Å². The quantitative estimate of drug-likeness (QED) is 0.381. The molecule has 1 heterocycles. The average molecular weight is 185 g/mol. The number of rotatable bonds is 1. The number of nitrogens with zero attached hydrogens (tertiary/aromatic N) is 2. The maximum Gasteiger partial charge on any atom is 0.129 e. The molecule has 0 atom stereocenters. The number of halogens is 1. The van der Waals surface area contributed by atoms with E-state index in [2.05, 4.69) is 27.4 Å². The number of thiocarbonyl (C=S) groups is 1. The summed E-state index contributed by atoms with van der Waals surface area (Å²) in [5, 5.41) is 2.73.